The average Bonchev–Trinajstić information content (AvgIpc) is 2.57. The van der Waals surface area contributed by atoms with Gasteiger partial charge < -0.3 is 20.2 Å². The number of rotatable bonds is 11. The van der Waals surface area contributed by atoms with E-state index in [2.05, 4.69) is 10.6 Å². The zero-order chi connectivity index (χ0) is 16.8. The van der Waals surface area contributed by atoms with Gasteiger partial charge in [0.2, 0.25) is 5.91 Å². The summed E-state index contributed by atoms with van der Waals surface area (Å²) in [6, 6.07) is 9.49. The Morgan fingerprint density at radius 1 is 1.00 bits per heavy atom. The van der Waals surface area contributed by atoms with Gasteiger partial charge in [-0.2, -0.15) is 0 Å². The minimum Gasteiger partial charge on any atom is -0.445 e. The molecule has 1 aromatic carbocycles. The molecule has 0 aromatic heterocycles. The quantitative estimate of drug-likeness (QED) is 0.483. The monoisotopic (exact) mass is 320 g/mol. The molecular formula is C17H24N2O4. The van der Waals surface area contributed by atoms with Gasteiger partial charge in [0.25, 0.3) is 0 Å². The molecule has 0 saturated carbocycles. The van der Waals surface area contributed by atoms with Crippen molar-refractivity contribution >= 4 is 18.3 Å². The lowest BCUT2D eigenvalue weighted by Gasteiger charge is -2.07. The van der Waals surface area contributed by atoms with Gasteiger partial charge in [-0.15, -0.1) is 0 Å². The number of benzene rings is 1. The molecule has 0 saturated heterocycles. The molecule has 23 heavy (non-hydrogen) atoms. The van der Waals surface area contributed by atoms with E-state index < -0.39 is 6.09 Å². The highest BCUT2D eigenvalue weighted by Gasteiger charge is 2.03. The van der Waals surface area contributed by atoms with Gasteiger partial charge in [-0.3, -0.25) is 4.79 Å². The molecule has 0 unspecified atom stereocenters. The third-order valence-electron chi connectivity index (χ3n) is 3.15. The summed E-state index contributed by atoms with van der Waals surface area (Å²) in [4.78, 5) is 32.9. The van der Waals surface area contributed by atoms with Crippen molar-refractivity contribution in [3.8, 4) is 0 Å². The van der Waals surface area contributed by atoms with E-state index in [0.29, 0.717) is 25.9 Å². The fourth-order valence-corrected chi connectivity index (χ4v) is 1.91. The maximum atomic E-state index is 11.5. The zero-order valence-electron chi connectivity index (χ0n) is 13.3. The highest BCUT2D eigenvalue weighted by molar-refractivity contribution is 5.76. The van der Waals surface area contributed by atoms with E-state index in [1.54, 1.807) is 0 Å². The molecule has 1 aromatic rings. The molecular weight excluding hydrogens is 296 g/mol. The van der Waals surface area contributed by atoms with E-state index in [4.69, 9.17) is 4.74 Å². The van der Waals surface area contributed by atoms with Crippen LogP contribution >= 0.6 is 0 Å². The third kappa shape index (κ3) is 10.1. The predicted molar refractivity (Wildman–Crippen MR) is 86.8 cm³/mol. The number of hydrogen-bond acceptors (Lipinski definition) is 4. The largest absolute Gasteiger partial charge is 0.445 e. The van der Waals surface area contributed by atoms with Crippen molar-refractivity contribution in [3.63, 3.8) is 0 Å². The van der Waals surface area contributed by atoms with Gasteiger partial charge in [-0.1, -0.05) is 36.8 Å². The summed E-state index contributed by atoms with van der Waals surface area (Å²) in [5.74, 6) is -0.0397. The van der Waals surface area contributed by atoms with Gasteiger partial charge in [0, 0.05) is 25.9 Å². The standard InChI is InChI=1S/C17H24N2O4/c20-13-7-12-18-16(21)10-5-2-6-11-19-17(22)23-14-15-8-3-1-4-9-15/h1,3-4,8-9,13H,2,5-7,10-12,14H2,(H,18,21)(H,19,22). The number of aldehydes is 1. The van der Waals surface area contributed by atoms with E-state index >= 15 is 0 Å². The van der Waals surface area contributed by atoms with E-state index in [1.807, 2.05) is 30.3 Å². The van der Waals surface area contributed by atoms with Gasteiger partial charge in [0.05, 0.1) is 0 Å². The lowest BCUT2D eigenvalue weighted by atomic mass is 10.2. The van der Waals surface area contributed by atoms with E-state index in [-0.39, 0.29) is 12.5 Å². The van der Waals surface area contributed by atoms with Gasteiger partial charge >= 0.3 is 6.09 Å². The summed E-state index contributed by atoms with van der Waals surface area (Å²) < 4.78 is 5.09. The molecule has 0 atom stereocenters. The lowest BCUT2D eigenvalue weighted by Crippen LogP contribution is -2.25. The van der Waals surface area contributed by atoms with Crippen LogP contribution in [0.2, 0.25) is 0 Å². The number of amides is 2. The average molecular weight is 320 g/mol. The minimum absolute atomic E-state index is 0.0397. The number of hydrogen-bond donors (Lipinski definition) is 2. The topological polar surface area (TPSA) is 84.5 Å². The highest BCUT2D eigenvalue weighted by Crippen LogP contribution is 2.01. The first-order valence-electron chi connectivity index (χ1n) is 7.87. The Labute approximate surface area is 136 Å². The van der Waals surface area contributed by atoms with Crippen molar-refractivity contribution in [3.05, 3.63) is 35.9 Å². The molecule has 0 aliphatic heterocycles. The molecule has 0 aliphatic carbocycles. The highest BCUT2D eigenvalue weighted by atomic mass is 16.5. The molecule has 6 nitrogen and oxygen atoms in total. The smallest absolute Gasteiger partial charge is 0.407 e. The maximum Gasteiger partial charge on any atom is 0.407 e. The molecule has 0 heterocycles. The van der Waals surface area contributed by atoms with Gasteiger partial charge in [0.15, 0.2) is 0 Å². The van der Waals surface area contributed by atoms with Crippen LogP contribution in [0.4, 0.5) is 4.79 Å². The Hall–Kier alpha value is -2.37. The van der Waals surface area contributed by atoms with Crippen LogP contribution in [0.5, 0.6) is 0 Å². The molecule has 2 amide bonds. The first-order chi connectivity index (χ1) is 11.2. The van der Waals surface area contributed by atoms with Gasteiger partial charge in [0.1, 0.15) is 12.9 Å². The van der Waals surface area contributed by atoms with Crippen LogP contribution in [0.3, 0.4) is 0 Å². The SMILES string of the molecule is O=CCCNC(=O)CCCCCNC(=O)OCc1ccccc1. The van der Waals surface area contributed by atoms with Gasteiger partial charge in [-0.25, -0.2) is 4.79 Å². The minimum atomic E-state index is -0.430. The Bertz CT molecular complexity index is 477. The number of unbranched alkanes of at least 4 members (excludes halogenated alkanes) is 2. The molecule has 0 spiro atoms. The van der Waals surface area contributed by atoms with Crippen molar-refractivity contribution < 1.29 is 19.1 Å². The Balaban J connectivity index is 1.95. The second-order valence-electron chi connectivity index (χ2n) is 5.10. The van der Waals surface area contributed by atoms with Crippen LogP contribution in [-0.4, -0.2) is 31.4 Å². The molecule has 1 rings (SSSR count). The molecule has 2 N–H and O–H groups in total. The third-order valence-corrected chi connectivity index (χ3v) is 3.15. The van der Waals surface area contributed by atoms with Crippen LogP contribution < -0.4 is 10.6 Å². The second-order valence-corrected chi connectivity index (χ2v) is 5.10. The summed E-state index contributed by atoms with van der Waals surface area (Å²) in [6.45, 7) is 1.19. The van der Waals surface area contributed by atoms with Crippen molar-refractivity contribution in [2.24, 2.45) is 0 Å². The first kappa shape index (κ1) is 18.7. The number of alkyl carbamates (subject to hydrolysis) is 1. The Morgan fingerprint density at radius 2 is 1.78 bits per heavy atom. The molecule has 6 heteroatoms. The van der Waals surface area contributed by atoms with Crippen LogP contribution in [0.1, 0.15) is 37.7 Å². The Kier molecular flexibility index (Phi) is 9.91. The van der Waals surface area contributed by atoms with Crippen LogP contribution in [0.15, 0.2) is 30.3 Å². The molecule has 0 bridgehead atoms. The summed E-state index contributed by atoms with van der Waals surface area (Å²) in [5.41, 5.74) is 0.947. The zero-order valence-corrected chi connectivity index (χ0v) is 13.3. The lowest BCUT2D eigenvalue weighted by molar-refractivity contribution is -0.121. The van der Waals surface area contributed by atoms with Crippen LogP contribution in [0, 0.1) is 0 Å². The molecule has 0 aliphatic rings. The van der Waals surface area contributed by atoms with E-state index in [9.17, 15) is 14.4 Å². The summed E-state index contributed by atoms with van der Waals surface area (Å²) in [5, 5.41) is 5.35. The predicted octanol–water partition coefficient (Wildman–Crippen LogP) is 2.18. The Morgan fingerprint density at radius 3 is 2.52 bits per heavy atom. The number of carbonyl (C=O) groups excluding carboxylic acids is 3. The molecule has 0 fully saturated rings. The van der Waals surface area contributed by atoms with E-state index in [1.165, 1.54) is 0 Å². The number of carbonyl (C=O) groups is 3. The van der Waals surface area contributed by atoms with Crippen LogP contribution in [0.25, 0.3) is 0 Å². The van der Waals surface area contributed by atoms with Gasteiger partial charge in [-0.05, 0) is 18.4 Å². The van der Waals surface area contributed by atoms with Crippen LogP contribution in [-0.2, 0) is 20.9 Å². The van der Waals surface area contributed by atoms with Crippen molar-refractivity contribution in [1.29, 1.82) is 0 Å². The van der Waals surface area contributed by atoms with Crippen molar-refractivity contribution in [2.45, 2.75) is 38.7 Å². The first-order valence-corrected chi connectivity index (χ1v) is 7.87. The molecule has 126 valence electrons. The summed E-state index contributed by atoms with van der Waals surface area (Å²) in [7, 11) is 0. The van der Waals surface area contributed by atoms with Crippen molar-refractivity contribution in [1.82, 2.24) is 10.6 Å². The fourth-order valence-electron chi connectivity index (χ4n) is 1.91. The normalized spacial score (nSPS) is 9.91. The molecule has 0 radical (unpaired) electrons. The second kappa shape index (κ2) is 12.2. The summed E-state index contributed by atoms with van der Waals surface area (Å²) >= 11 is 0. The van der Waals surface area contributed by atoms with E-state index in [0.717, 1.165) is 31.1 Å². The maximum absolute atomic E-state index is 11.5. The number of nitrogens with one attached hydrogen (secondary N) is 2. The fraction of sp³-hybridized carbons (Fsp3) is 0.471. The summed E-state index contributed by atoms with van der Waals surface area (Å²) in [6.07, 6.45) is 3.54. The van der Waals surface area contributed by atoms with Crippen molar-refractivity contribution in [2.75, 3.05) is 13.1 Å². The number of ether oxygens (including phenoxy) is 1.